The maximum atomic E-state index is 12.7. The molecule has 0 bridgehead atoms. The van der Waals surface area contributed by atoms with Gasteiger partial charge in [0.05, 0.1) is 11.0 Å². The van der Waals surface area contributed by atoms with Gasteiger partial charge < -0.3 is 19.7 Å². The number of aromatic nitrogens is 2. The Morgan fingerprint density at radius 3 is 2.83 bits per heavy atom. The molecule has 1 aromatic carbocycles. The van der Waals surface area contributed by atoms with Crippen molar-refractivity contribution in [3.8, 4) is 0 Å². The minimum Gasteiger partial charge on any atom is -0.364 e. The molecule has 3 heterocycles. The first-order valence-corrected chi connectivity index (χ1v) is 9.55. The summed E-state index contributed by atoms with van der Waals surface area (Å²) < 4.78 is 1.58. The number of urea groups is 1. The van der Waals surface area contributed by atoms with Gasteiger partial charge in [0.1, 0.15) is 5.69 Å². The van der Waals surface area contributed by atoms with Gasteiger partial charge in [-0.3, -0.25) is 14.9 Å². The molecule has 2 aliphatic heterocycles. The van der Waals surface area contributed by atoms with Gasteiger partial charge in [0.15, 0.2) is 5.82 Å². The smallest absolute Gasteiger partial charge is 0.317 e. The van der Waals surface area contributed by atoms with E-state index in [4.69, 9.17) is 0 Å². The normalized spacial score (nSPS) is 19.3. The molecule has 2 fully saturated rings. The monoisotopic (exact) mass is 398 g/mol. The number of carbonyl (C=O) groups is 2. The molecular formula is C19H22N6O4. The molecule has 2 saturated heterocycles. The molecule has 2 aliphatic rings. The van der Waals surface area contributed by atoms with E-state index in [1.54, 1.807) is 34.8 Å². The van der Waals surface area contributed by atoms with Crippen LogP contribution in [0.25, 0.3) is 0 Å². The van der Waals surface area contributed by atoms with E-state index in [0.717, 1.165) is 12.8 Å². The van der Waals surface area contributed by atoms with Crippen molar-refractivity contribution >= 4 is 23.2 Å². The Kier molecular flexibility index (Phi) is 4.91. The van der Waals surface area contributed by atoms with E-state index in [0.29, 0.717) is 31.9 Å². The van der Waals surface area contributed by atoms with Crippen molar-refractivity contribution in [2.24, 2.45) is 7.05 Å². The topological polar surface area (TPSA) is 114 Å². The second-order valence-corrected chi connectivity index (χ2v) is 7.32. The lowest BCUT2D eigenvalue weighted by molar-refractivity contribution is -0.384. The Morgan fingerprint density at radius 1 is 1.34 bits per heavy atom. The number of amides is 2. The van der Waals surface area contributed by atoms with E-state index in [-0.39, 0.29) is 34.9 Å². The Balaban J connectivity index is 1.61. The van der Waals surface area contributed by atoms with Gasteiger partial charge in [0, 0.05) is 57.3 Å². The number of ketones is 1. The van der Waals surface area contributed by atoms with E-state index >= 15 is 0 Å². The molecule has 1 atom stereocenters. The molecule has 1 aromatic heterocycles. The van der Waals surface area contributed by atoms with Gasteiger partial charge >= 0.3 is 6.03 Å². The number of benzene rings is 1. The van der Waals surface area contributed by atoms with Crippen LogP contribution in [0.5, 0.6) is 0 Å². The second kappa shape index (κ2) is 7.53. The number of nitrogens with one attached hydrogen (secondary N) is 1. The zero-order chi connectivity index (χ0) is 20.5. The number of anilines is 1. The average molecular weight is 398 g/mol. The first-order chi connectivity index (χ1) is 14.0. The average Bonchev–Trinajstić information content (AvgIpc) is 3.35. The van der Waals surface area contributed by atoms with Crippen LogP contribution in [0.3, 0.4) is 0 Å². The van der Waals surface area contributed by atoms with Crippen molar-refractivity contribution in [3.05, 3.63) is 52.1 Å². The largest absolute Gasteiger partial charge is 0.364 e. The number of aryl methyl sites for hydroxylation is 1. The highest BCUT2D eigenvalue weighted by atomic mass is 16.6. The van der Waals surface area contributed by atoms with Crippen LogP contribution in [0, 0.1) is 10.1 Å². The highest BCUT2D eigenvalue weighted by Gasteiger charge is 2.33. The molecule has 10 nitrogen and oxygen atoms in total. The lowest BCUT2D eigenvalue weighted by Crippen LogP contribution is -2.49. The number of nitro benzene ring substituents is 1. The van der Waals surface area contributed by atoms with Gasteiger partial charge in [-0.15, -0.1) is 0 Å². The lowest BCUT2D eigenvalue weighted by atomic mass is 10.0. The van der Waals surface area contributed by atoms with Gasteiger partial charge in [0.2, 0.25) is 5.78 Å². The molecule has 1 N–H and O–H groups in total. The predicted octanol–water partition coefficient (Wildman–Crippen LogP) is 1.55. The van der Waals surface area contributed by atoms with Crippen LogP contribution < -0.4 is 10.2 Å². The third-order valence-corrected chi connectivity index (χ3v) is 5.53. The van der Waals surface area contributed by atoms with Gasteiger partial charge in [-0.1, -0.05) is 0 Å². The molecule has 1 unspecified atom stereocenters. The summed E-state index contributed by atoms with van der Waals surface area (Å²) in [6, 6.07) is 4.48. The summed E-state index contributed by atoms with van der Waals surface area (Å²) >= 11 is 0. The van der Waals surface area contributed by atoms with Crippen molar-refractivity contribution in [3.63, 3.8) is 0 Å². The van der Waals surface area contributed by atoms with Crippen LogP contribution in [0.2, 0.25) is 0 Å². The van der Waals surface area contributed by atoms with E-state index in [2.05, 4.69) is 10.3 Å². The predicted molar refractivity (Wildman–Crippen MR) is 105 cm³/mol. The number of carbonyl (C=O) groups excluding carboxylic acids is 2. The molecular weight excluding hydrogens is 376 g/mol. The number of hydrogen-bond donors (Lipinski definition) is 1. The summed E-state index contributed by atoms with van der Waals surface area (Å²) in [5.41, 5.74) is 0.578. The SMILES string of the molecule is Cn1ccnc1C(=O)c1ccc(N2CCCC(N3CCNC3=O)C2)c([N+](=O)[O-])c1. The van der Waals surface area contributed by atoms with Crippen molar-refractivity contribution in [1.82, 2.24) is 19.8 Å². The maximum Gasteiger partial charge on any atom is 0.317 e. The third-order valence-electron chi connectivity index (χ3n) is 5.53. The van der Waals surface area contributed by atoms with Crippen LogP contribution >= 0.6 is 0 Å². The van der Waals surface area contributed by atoms with Crippen LogP contribution in [-0.2, 0) is 7.05 Å². The summed E-state index contributed by atoms with van der Waals surface area (Å²) in [4.78, 5) is 43.7. The van der Waals surface area contributed by atoms with E-state index in [1.165, 1.54) is 12.3 Å². The van der Waals surface area contributed by atoms with Crippen molar-refractivity contribution in [1.29, 1.82) is 0 Å². The molecule has 152 valence electrons. The maximum absolute atomic E-state index is 12.7. The Morgan fingerprint density at radius 2 is 2.17 bits per heavy atom. The summed E-state index contributed by atoms with van der Waals surface area (Å²) in [5, 5.41) is 14.6. The Bertz CT molecular complexity index is 971. The summed E-state index contributed by atoms with van der Waals surface area (Å²) in [6.07, 6.45) is 4.86. The van der Waals surface area contributed by atoms with Crippen molar-refractivity contribution in [2.45, 2.75) is 18.9 Å². The fraction of sp³-hybridized carbons (Fsp3) is 0.421. The second-order valence-electron chi connectivity index (χ2n) is 7.32. The van der Waals surface area contributed by atoms with Crippen LogP contribution in [-0.4, -0.2) is 63.4 Å². The van der Waals surface area contributed by atoms with Crippen molar-refractivity contribution < 1.29 is 14.5 Å². The molecule has 2 amide bonds. The molecule has 4 rings (SSSR count). The number of imidazole rings is 1. The molecule has 0 aliphatic carbocycles. The van der Waals surface area contributed by atoms with Gasteiger partial charge in [-0.25, -0.2) is 9.78 Å². The van der Waals surface area contributed by atoms with E-state index in [9.17, 15) is 19.7 Å². The zero-order valence-electron chi connectivity index (χ0n) is 16.1. The first-order valence-electron chi connectivity index (χ1n) is 9.55. The molecule has 0 spiro atoms. The third kappa shape index (κ3) is 3.53. The Labute approximate surface area is 167 Å². The van der Waals surface area contributed by atoms with Gasteiger partial charge in [-0.2, -0.15) is 0 Å². The fourth-order valence-electron chi connectivity index (χ4n) is 4.05. The molecule has 0 radical (unpaired) electrons. The van der Waals surface area contributed by atoms with E-state index in [1.807, 2.05) is 4.90 Å². The molecule has 29 heavy (non-hydrogen) atoms. The van der Waals surface area contributed by atoms with Crippen LogP contribution in [0.1, 0.15) is 29.0 Å². The van der Waals surface area contributed by atoms with Crippen LogP contribution in [0.4, 0.5) is 16.2 Å². The lowest BCUT2D eigenvalue weighted by Gasteiger charge is -2.38. The highest BCUT2D eigenvalue weighted by Crippen LogP contribution is 2.33. The molecule has 0 saturated carbocycles. The standard InChI is InChI=1S/C19H22N6O4/c1-22-9-6-20-18(22)17(26)13-4-5-15(16(11-13)25(28)29)23-8-2-3-14(12-23)24-10-7-21-19(24)27/h4-6,9,11,14H,2-3,7-8,10,12H2,1H3,(H,21,27). The summed E-state index contributed by atoms with van der Waals surface area (Å²) in [7, 11) is 1.70. The number of rotatable bonds is 5. The quantitative estimate of drug-likeness (QED) is 0.464. The number of nitro groups is 1. The Hall–Kier alpha value is -3.43. The van der Waals surface area contributed by atoms with Gasteiger partial charge in [0.25, 0.3) is 5.69 Å². The first kappa shape index (κ1) is 18.9. The highest BCUT2D eigenvalue weighted by molar-refractivity contribution is 6.07. The molecule has 10 heteroatoms. The number of nitrogens with zero attached hydrogens (tertiary/aromatic N) is 5. The summed E-state index contributed by atoms with van der Waals surface area (Å²) in [5.74, 6) is -0.137. The minimum atomic E-state index is -0.462. The number of piperidine rings is 1. The minimum absolute atomic E-state index is 0.0136. The molecule has 2 aromatic rings. The number of hydrogen-bond acceptors (Lipinski definition) is 6. The van der Waals surface area contributed by atoms with Crippen LogP contribution in [0.15, 0.2) is 30.6 Å². The van der Waals surface area contributed by atoms with E-state index < -0.39 is 4.92 Å². The van der Waals surface area contributed by atoms with Gasteiger partial charge in [-0.05, 0) is 25.0 Å². The fourth-order valence-corrected chi connectivity index (χ4v) is 4.05. The summed E-state index contributed by atoms with van der Waals surface area (Å²) in [6.45, 7) is 2.47. The zero-order valence-corrected chi connectivity index (χ0v) is 16.1. The van der Waals surface area contributed by atoms with Crippen molar-refractivity contribution in [2.75, 3.05) is 31.1 Å².